The highest BCUT2D eigenvalue weighted by Crippen LogP contribution is 2.24. The number of ether oxygens (including phenoxy) is 1. The lowest BCUT2D eigenvalue weighted by Crippen LogP contribution is -2.13. The first-order valence-corrected chi connectivity index (χ1v) is 6.01. The molecule has 0 aromatic heterocycles. The maximum atomic E-state index is 11.1. The van der Waals surface area contributed by atoms with Crippen molar-refractivity contribution >= 4 is 27.9 Å². The van der Waals surface area contributed by atoms with Crippen molar-refractivity contribution in [3.05, 3.63) is 33.8 Å². The van der Waals surface area contributed by atoms with E-state index in [1.54, 1.807) is 12.1 Å². The number of carboxylic acids is 1. The van der Waals surface area contributed by atoms with E-state index in [-0.39, 0.29) is 18.0 Å². The fraction of sp³-hybridized carbons (Fsp3) is 0.333. The Morgan fingerprint density at radius 3 is 2.67 bits per heavy atom. The van der Waals surface area contributed by atoms with E-state index >= 15 is 0 Å². The van der Waals surface area contributed by atoms with Crippen LogP contribution in [-0.4, -0.2) is 29.3 Å². The zero-order valence-corrected chi connectivity index (χ0v) is 11.3. The number of aryl methyl sites for hydroxylation is 1. The predicted molar refractivity (Wildman–Crippen MR) is 67.1 cm³/mol. The molecule has 0 aliphatic heterocycles. The Labute approximate surface area is 113 Å². The summed E-state index contributed by atoms with van der Waals surface area (Å²) in [6, 6.07) is 4.94. The molecule has 98 valence electrons. The number of aliphatic hydroxyl groups excluding tert-OH is 1. The highest BCUT2D eigenvalue weighted by molar-refractivity contribution is 9.10. The van der Waals surface area contributed by atoms with Crippen molar-refractivity contribution in [1.82, 2.24) is 0 Å². The Balaban J connectivity index is 2.96. The molecule has 1 aromatic carbocycles. The SMILES string of the molecule is COC(=O)CCc1ccc(Br)cc1C(O)C(=O)O. The summed E-state index contributed by atoms with van der Waals surface area (Å²) in [5, 5.41) is 18.4. The molecular weight excluding hydrogens is 304 g/mol. The lowest BCUT2D eigenvalue weighted by molar-refractivity contribution is -0.147. The average molecular weight is 317 g/mol. The summed E-state index contributed by atoms with van der Waals surface area (Å²) in [5.41, 5.74) is 0.888. The van der Waals surface area contributed by atoms with Crippen LogP contribution in [0.25, 0.3) is 0 Å². The zero-order chi connectivity index (χ0) is 13.7. The Kier molecular flexibility index (Phi) is 5.30. The summed E-state index contributed by atoms with van der Waals surface area (Å²) in [5.74, 6) is -1.71. The molecule has 1 rings (SSSR count). The van der Waals surface area contributed by atoms with Crippen LogP contribution in [0.1, 0.15) is 23.7 Å². The molecule has 18 heavy (non-hydrogen) atoms. The third kappa shape index (κ3) is 3.82. The first kappa shape index (κ1) is 14.7. The standard InChI is InChI=1S/C12H13BrO5/c1-18-10(14)5-3-7-2-4-8(13)6-9(7)11(15)12(16)17/h2,4,6,11,15H,3,5H2,1H3,(H,16,17). The van der Waals surface area contributed by atoms with Crippen LogP contribution in [0, 0.1) is 0 Å². The Morgan fingerprint density at radius 2 is 2.11 bits per heavy atom. The quantitative estimate of drug-likeness (QED) is 0.807. The minimum Gasteiger partial charge on any atom is -0.479 e. The number of hydrogen-bond donors (Lipinski definition) is 2. The summed E-state index contributed by atoms with van der Waals surface area (Å²) in [6.07, 6.45) is -1.15. The van der Waals surface area contributed by atoms with Crippen molar-refractivity contribution in [2.75, 3.05) is 7.11 Å². The van der Waals surface area contributed by atoms with Gasteiger partial charge >= 0.3 is 11.9 Å². The molecule has 0 radical (unpaired) electrons. The first-order valence-electron chi connectivity index (χ1n) is 5.21. The number of carbonyl (C=O) groups excluding carboxylic acids is 1. The fourth-order valence-electron chi connectivity index (χ4n) is 1.52. The number of hydrogen-bond acceptors (Lipinski definition) is 4. The summed E-state index contributed by atoms with van der Waals surface area (Å²) < 4.78 is 5.18. The van der Waals surface area contributed by atoms with Crippen LogP contribution in [0.15, 0.2) is 22.7 Å². The number of carbonyl (C=O) groups is 2. The van der Waals surface area contributed by atoms with E-state index in [9.17, 15) is 14.7 Å². The summed E-state index contributed by atoms with van der Waals surface area (Å²) in [6.45, 7) is 0. The number of benzene rings is 1. The molecule has 0 saturated carbocycles. The Morgan fingerprint density at radius 1 is 1.44 bits per heavy atom. The van der Waals surface area contributed by atoms with Gasteiger partial charge in [-0.05, 0) is 29.7 Å². The van der Waals surface area contributed by atoms with Gasteiger partial charge in [0.15, 0.2) is 6.10 Å². The van der Waals surface area contributed by atoms with E-state index in [0.717, 1.165) is 0 Å². The summed E-state index contributed by atoms with van der Waals surface area (Å²) in [4.78, 5) is 21.9. The molecule has 0 aliphatic rings. The van der Waals surface area contributed by atoms with Crippen LogP contribution in [0.2, 0.25) is 0 Å². The molecule has 0 aliphatic carbocycles. The Bertz CT molecular complexity index is 458. The maximum absolute atomic E-state index is 11.1. The van der Waals surface area contributed by atoms with Crippen molar-refractivity contribution in [1.29, 1.82) is 0 Å². The van der Waals surface area contributed by atoms with Gasteiger partial charge in [-0.3, -0.25) is 4.79 Å². The lowest BCUT2D eigenvalue weighted by atomic mass is 9.99. The second-order valence-corrected chi connectivity index (χ2v) is 4.58. The van der Waals surface area contributed by atoms with E-state index in [2.05, 4.69) is 20.7 Å². The topological polar surface area (TPSA) is 83.8 Å². The summed E-state index contributed by atoms with van der Waals surface area (Å²) in [7, 11) is 1.29. The molecule has 0 amide bonds. The molecule has 2 N–H and O–H groups in total. The van der Waals surface area contributed by atoms with Gasteiger partial charge in [0, 0.05) is 10.9 Å². The number of halogens is 1. The third-order valence-electron chi connectivity index (χ3n) is 2.46. The maximum Gasteiger partial charge on any atom is 0.337 e. The molecule has 6 heteroatoms. The molecule has 0 bridgehead atoms. The zero-order valence-electron chi connectivity index (χ0n) is 9.72. The van der Waals surface area contributed by atoms with Crippen molar-refractivity contribution in [3.8, 4) is 0 Å². The molecule has 1 aromatic rings. The molecule has 0 fully saturated rings. The first-order chi connectivity index (χ1) is 8.45. The summed E-state index contributed by atoms with van der Waals surface area (Å²) >= 11 is 3.21. The van der Waals surface area contributed by atoms with Crippen LogP contribution >= 0.6 is 15.9 Å². The lowest BCUT2D eigenvalue weighted by Gasteiger charge is -2.12. The van der Waals surface area contributed by atoms with Gasteiger partial charge in [-0.1, -0.05) is 22.0 Å². The molecular formula is C12H13BrO5. The van der Waals surface area contributed by atoms with E-state index in [4.69, 9.17) is 5.11 Å². The Hall–Kier alpha value is -1.40. The van der Waals surface area contributed by atoms with Gasteiger partial charge in [0.05, 0.1) is 7.11 Å². The molecule has 0 saturated heterocycles. The monoisotopic (exact) mass is 316 g/mol. The minimum absolute atomic E-state index is 0.136. The van der Waals surface area contributed by atoms with E-state index in [1.807, 2.05) is 0 Å². The average Bonchev–Trinajstić information content (AvgIpc) is 2.35. The molecule has 1 atom stereocenters. The smallest absolute Gasteiger partial charge is 0.337 e. The van der Waals surface area contributed by atoms with Crippen LogP contribution in [0.3, 0.4) is 0 Å². The van der Waals surface area contributed by atoms with Crippen LogP contribution < -0.4 is 0 Å². The van der Waals surface area contributed by atoms with Crippen LogP contribution in [0.4, 0.5) is 0 Å². The number of aliphatic hydroxyl groups is 1. The van der Waals surface area contributed by atoms with Gasteiger partial charge < -0.3 is 14.9 Å². The fourth-order valence-corrected chi connectivity index (χ4v) is 1.90. The van der Waals surface area contributed by atoms with Crippen LogP contribution in [-0.2, 0) is 20.7 Å². The van der Waals surface area contributed by atoms with Gasteiger partial charge in [-0.15, -0.1) is 0 Å². The number of carboxylic acid groups (broad SMARTS) is 1. The van der Waals surface area contributed by atoms with E-state index in [1.165, 1.54) is 13.2 Å². The van der Waals surface area contributed by atoms with Gasteiger partial charge in [-0.25, -0.2) is 4.79 Å². The second-order valence-electron chi connectivity index (χ2n) is 3.66. The minimum atomic E-state index is -1.60. The van der Waals surface area contributed by atoms with Gasteiger partial charge in [-0.2, -0.15) is 0 Å². The highest BCUT2D eigenvalue weighted by atomic mass is 79.9. The number of esters is 1. The highest BCUT2D eigenvalue weighted by Gasteiger charge is 2.20. The van der Waals surface area contributed by atoms with Crippen molar-refractivity contribution in [2.24, 2.45) is 0 Å². The predicted octanol–water partition coefficient (Wildman–Crippen LogP) is 1.67. The third-order valence-corrected chi connectivity index (χ3v) is 2.96. The number of rotatable bonds is 5. The largest absolute Gasteiger partial charge is 0.479 e. The number of aliphatic carboxylic acids is 1. The van der Waals surface area contributed by atoms with Gasteiger partial charge in [0.1, 0.15) is 0 Å². The van der Waals surface area contributed by atoms with E-state index < -0.39 is 12.1 Å². The molecule has 0 heterocycles. The van der Waals surface area contributed by atoms with E-state index in [0.29, 0.717) is 16.5 Å². The molecule has 0 spiro atoms. The van der Waals surface area contributed by atoms with Gasteiger partial charge in [0.25, 0.3) is 0 Å². The number of methoxy groups -OCH3 is 1. The molecule has 5 nitrogen and oxygen atoms in total. The van der Waals surface area contributed by atoms with Crippen molar-refractivity contribution in [3.63, 3.8) is 0 Å². The normalized spacial score (nSPS) is 11.9. The van der Waals surface area contributed by atoms with Crippen molar-refractivity contribution < 1.29 is 24.5 Å². The second kappa shape index (κ2) is 6.51. The van der Waals surface area contributed by atoms with Crippen molar-refractivity contribution in [2.45, 2.75) is 18.9 Å². The molecule has 1 unspecified atom stereocenters. The van der Waals surface area contributed by atoms with Crippen LogP contribution in [0.5, 0.6) is 0 Å². The van der Waals surface area contributed by atoms with Gasteiger partial charge in [0.2, 0.25) is 0 Å².